The van der Waals surface area contributed by atoms with Crippen LogP contribution < -0.4 is 11.1 Å². The number of carbonyl (C=O) groups is 1. The largest absolute Gasteiger partial charge is 0.409 e. The number of hydrogen-bond donors (Lipinski definition) is 3. The fourth-order valence-corrected chi connectivity index (χ4v) is 2.06. The van der Waals surface area contributed by atoms with E-state index < -0.39 is 5.41 Å². The molecule has 19 heavy (non-hydrogen) atoms. The SMILES string of the molecule is CCc1ccc(CNC(=O)C2(/C(N)=N/O)CC2)cc1. The van der Waals surface area contributed by atoms with Crippen molar-refractivity contribution in [2.45, 2.75) is 32.7 Å². The van der Waals surface area contributed by atoms with E-state index in [4.69, 9.17) is 10.9 Å². The quantitative estimate of drug-likeness (QED) is 0.324. The van der Waals surface area contributed by atoms with Gasteiger partial charge in [-0.05, 0) is 30.4 Å². The molecule has 1 saturated carbocycles. The molecule has 1 fully saturated rings. The van der Waals surface area contributed by atoms with Crippen molar-refractivity contribution in [3.63, 3.8) is 0 Å². The number of amides is 1. The second-order valence-corrected chi connectivity index (χ2v) is 4.92. The molecule has 5 nitrogen and oxygen atoms in total. The zero-order chi connectivity index (χ0) is 13.9. The van der Waals surface area contributed by atoms with Crippen LogP contribution >= 0.6 is 0 Å². The van der Waals surface area contributed by atoms with Gasteiger partial charge in [0.25, 0.3) is 0 Å². The van der Waals surface area contributed by atoms with Crippen molar-refractivity contribution in [2.24, 2.45) is 16.3 Å². The van der Waals surface area contributed by atoms with Crippen molar-refractivity contribution < 1.29 is 10.0 Å². The number of rotatable bonds is 5. The van der Waals surface area contributed by atoms with E-state index in [1.54, 1.807) is 0 Å². The highest BCUT2D eigenvalue weighted by Crippen LogP contribution is 2.46. The number of hydrogen-bond acceptors (Lipinski definition) is 3. The van der Waals surface area contributed by atoms with Crippen molar-refractivity contribution in [2.75, 3.05) is 0 Å². The average molecular weight is 261 g/mol. The van der Waals surface area contributed by atoms with Gasteiger partial charge in [0.2, 0.25) is 5.91 Å². The third kappa shape index (κ3) is 2.70. The Hall–Kier alpha value is -2.04. The first-order chi connectivity index (χ1) is 9.12. The summed E-state index contributed by atoms with van der Waals surface area (Å²) in [5.41, 5.74) is 7.09. The van der Waals surface area contributed by atoms with Crippen LogP contribution in [0.5, 0.6) is 0 Å². The molecule has 1 aromatic rings. The van der Waals surface area contributed by atoms with E-state index in [9.17, 15) is 4.79 Å². The Morgan fingerprint density at radius 1 is 1.37 bits per heavy atom. The molecule has 4 N–H and O–H groups in total. The summed E-state index contributed by atoms with van der Waals surface area (Å²) in [4.78, 5) is 12.0. The highest BCUT2D eigenvalue weighted by atomic mass is 16.4. The van der Waals surface area contributed by atoms with Gasteiger partial charge in [-0.3, -0.25) is 4.79 Å². The molecule has 0 spiro atoms. The van der Waals surface area contributed by atoms with E-state index in [0.29, 0.717) is 19.4 Å². The molecule has 5 heteroatoms. The molecule has 1 aliphatic rings. The molecule has 0 saturated heterocycles. The van der Waals surface area contributed by atoms with E-state index in [2.05, 4.69) is 29.5 Å². The van der Waals surface area contributed by atoms with Crippen LogP contribution in [-0.4, -0.2) is 17.0 Å². The van der Waals surface area contributed by atoms with Gasteiger partial charge < -0.3 is 16.3 Å². The highest BCUT2D eigenvalue weighted by Gasteiger charge is 2.54. The van der Waals surface area contributed by atoms with E-state index in [-0.39, 0.29) is 11.7 Å². The minimum atomic E-state index is -0.780. The Morgan fingerprint density at radius 3 is 2.42 bits per heavy atom. The van der Waals surface area contributed by atoms with Crippen LogP contribution in [0.4, 0.5) is 0 Å². The van der Waals surface area contributed by atoms with Gasteiger partial charge in [0.15, 0.2) is 5.84 Å². The fraction of sp³-hybridized carbons (Fsp3) is 0.429. The van der Waals surface area contributed by atoms with Gasteiger partial charge in [-0.2, -0.15) is 0 Å². The normalized spacial score (nSPS) is 17.0. The average Bonchev–Trinajstić information content (AvgIpc) is 3.26. The Balaban J connectivity index is 1.93. The lowest BCUT2D eigenvalue weighted by molar-refractivity contribution is -0.124. The monoisotopic (exact) mass is 261 g/mol. The van der Waals surface area contributed by atoms with Gasteiger partial charge in [0, 0.05) is 6.54 Å². The summed E-state index contributed by atoms with van der Waals surface area (Å²) in [6, 6.07) is 8.11. The van der Waals surface area contributed by atoms with E-state index in [1.807, 2.05) is 12.1 Å². The molecule has 2 rings (SSSR count). The molecular formula is C14H19N3O2. The number of nitrogens with one attached hydrogen (secondary N) is 1. The minimum Gasteiger partial charge on any atom is -0.409 e. The number of oxime groups is 1. The number of carbonyl (C=O) groups excluding carboxylic acids is 1. The zero-order valence-corrected chi connectivity index (χ0v) is 11.0. The maximum absolute atomic E-state index is 12.0. The molecule has 1 aliphatic carbocycles. The lowest BCUT2D eigenvalue weighted by atomic mass is 10.0. The van der Waals surface area contributed by atoms with Crippen LogP contribution in [0.3, 0.4) is 0 Å². The summed E-state index contributed by atoms with van der Waals surface area (Å²) in [6.45, 7) is 2.56. The molecular weight excluding hydrogens is 242 g/mol. The summed E-state index contributed by atoms with van der Waals surface area (Å²) in [7, 11) is 0. The van der Waals surface area contributed by atoms with Crippen molar-refractivity contribution >= 4 is 11.7 Å². The Morgan fingerprint density at radius 2 is 1.95 bits per heavy atom. The minimum absolute atomic E-state index is 0.00586. The lowest BCUT2D eigenvalue weighted by Gasteiger charge is -2.13. The van der Waals surface area contributed by atoms with Crippen molar-refractivity contribution in [3.05, 3.63) is 35.4 Å². The smallest absolute Gasteiger partial charge is 0.234 e. The number of nitrogens with zero attached hydrogens (tertiary/aromatic N) is 1. The van der Waals surface area contributed by atoms with Crippen molar-refractivity contribution in [3.8, 4) is 0 Å². The number of benzene rings is 1. The first kappa shape index (κ1) is 13.4. The maximum Gasteiger partial charge on any atom is 0.234 e. The summed E-state index contributed by atoms with van der Waals surface area (Å²) >= 11 is 0. The molecule has 0 bridgehead atoms. The third-order valence-electron chi connectivity index (χ3n) is 3.67. The van der Waals surface area contributed by atoms with Crippen LogP contribution in [0.2, 0.25) is 0 Å². The molecule has 0 unspecified atom stereocenters. The Bertz CT molecular complexity index is 490. The van der Waals surface area contributed by atoms with Gasteiger partial charge in [0.1, 0.15) is 5.41 Å². The zero-order valence-electron chi connectivity index (χ0n) is 11.0. The fourth-order valence-electron chi connectivity index (χ4n) is 2.06. The van der Waals surface area contributed by atoms with Crippen LogP contribution in [0.1, 0.15) is 30.9 Å². The van der Waals surface area contributed by atoms with Crippen LogP contribution in [0, 0.1) is 5.41 Å². The molecule has 0 radical (unpaired) electrons. The second kappa shape index (κ2) is 5.30. The van der Waals surface area contributed by atoms with Gasteiger partial charge in [-0.15, -0.1) is 0 Å². The van der Waals surface area contributed by atoms with E-state index in [1.165, 1.54) is 5.56 Å². The predicted molar refractivity (Wildman–Crippen MR) is 72.7 cm³/mol. The van der Waals surface area contributed by atoms with Gasteiger partial charge in [0.05, 0.1) is 0 Å². The van der Waals surface area contributed by atoms with Gasteiger partial charge in [-0.25, -0.2) is 0 Å². The number of nitrogens with two attached hydrogens (primary N) is 1. The van der Waals surface area contributed by atoms with E-state index in [0.717, 1.165) is 12.0 Å². The molecule has 0 atom stereocenters. The first-order valence-electron chi connectivity index (χ1n) is 6.46. The predicted octanol–water partition coefficient (Wildman–Crippen LogP) is 1.39. The summed E-state index contributed by atoms with van der Waals surface area (Å²) in [5.74, 6) is -0.159. The van der Waals surface area contributed by atoms with Gasteiger partial charge in [-0.1, -0.05) is 36.3 Å². The second-order valence-electron chi connectivity index (χ2n) is 4.92. The van der Waals surface area contributed by atoms with Crippen molar-refractivity contribution in [1.29, 1.82) is 0 Å². The Kier molecular flexibility index (Phi) is 3.74. The number of amidine groups is 1. The maximum atomic E-state index is 12.0. The Labute approximate surface area is 112 Å². The van der Waals surface area contributed by atoms with Crippen LogP contribution in [0.15, 0.2) is 29.4 Å². The molecule has 1 aromatic carbocycles. The van der Waals surface area contributed by atoms with Gasteiger partial charge >= 0.3 is 0 Å². The van der Waals surface area contributed by atoms with Crippen LogP contribution in [-0.2, 0) is 17.8 Å². The van der Waals surface area contributed by atoms with Crippen LogP contribution in [0.25, 0.3) is 0 Å². The standard InChI is InChI=1S/C14H19N3O2/c1-2-10-3-5-11(6-4-10)9-16-13(18)14(7-8-14)12(15)17-19/h3-6,19H,2,7-9H2,1H3,(H2,15,17)(H,16,18). The molecule has 0 aliphatic heterocycles. The highest BCUT2D eigenvalue weighted by molar-refractivity contribution is 6.09. The van der Waals surface area contributed by atoms with Crippen molar-refractivity contribution in [1.82, 2.24) is 5.32 Å². The lowest BCUT2D eigenvalue weighted by Crippen LogP contribution is -2.40. The molecule has 1 amide bonds. The summed E-state index contributed by atoms with van der Waals surface area (Å²) in [5, 5.41) is 14.5. The molecule has 0 aromatic heterocycles. The first-order valence-corrected chi connectivity index (χ1v) is 6.46. The summed E-state index contributed by atoms with van der Waals surface area (Å²) < 4.78 is 0. The number of aryl methyl sites for hydroxylation is 1. The third-order valence-corrected chi connectivity index (χ3v) is 3.67. The van der Waals surface area contributed by atoms with E-state index >= 15 is 0 Å². The molecule has 102 valence electrons. The summed E-state index contributed by atoms with van der Waals surface area (Å²) in [6.07, 6.45) is 2.28. The molecule has 0 heterocycles. The topological polar surface area (TPSA) is 87.7 Å².